The molecule has 1 nitrogen and oxygen atoms in total. The number of alkyl halides is 6. The van der Waals surface area contributed by atoms with Gasteiger partial charge in [-0.2, -0.15) is 26.3 Å². The number of carbonyl (C=O) groups excluding carboxylic acids is 1. The second-order valence-corrected chi connectivity index (χ2v) is 3.29. The van der Waals surface area contributed by atoms with Gasteiger partial charge < -0.3 is 0 Å². The number of Topliss-reactive ketones (excluding diaryl/α,β-unsaturated/α-hetero) is 1. The molecule has 0 aliphatic heterocycles. The van der Waals surface area contributed by atoms with Crippen LogP contribution in [0.2, 0.25) is 0 Å². The van der Waals surface area contributed by atoms with Gasteiger partial charge in [0.1, 0.15) is 6.42 Å². The fourth-order valence-electron chi connectivity index (χ4n) is 1.15. The summed E-state index contributed by atoms with van der Waals surface area (Å²) in [6.07, 6.45) is -11.2. The monoisotopic (exact) mass is 256 g/mol. The summed E-state index contributed by atoms with van der Waals surface area (Å²) >= 11 is 0. The molecule has 0 N–H and O–H groups in total. The van der Waals surface area contributed by atoms with Gasteiger partial charge in [0.15, 0.2) is 5.78 Å². The number of benzene rings is 1. The average molecular weight is 256 g/mol. The number of ketones is 1. The first kappa shape index (κ1) is 13.5. The number of rotatable bonds is 2. The number of carbonyl (C=O) groups is 1. The molecular weight excluding hydrogens is 250 g/mol. The molecule has 0 unspecified atom stereocenters. The fourth-order valence-corrected chi connectivity index (χ4v) is 1.15. The highest BCUT2D eigenvalue weighted by molar-refractivity contribution is 5.96. The van der Waals surface area contributed by atoms with Gasteiger partial charge in [-0.3, -0.25) is 4.79 Å². The smallest absolute Gasteiger partial charge is 0.294 e. The number of halogens is 6. The molecule has 0 spiro atoms. The van der Waals surface area contributed by atoms with E-state index in [-0.39, 0.29) is 0 Å². The first-order chi connectivity index (χ1) is 7.59. The molecule has 0 saturated heterocycles. The van der Waals surface area contributed by atoms with Crippen molar-refractivity contribution >= 4 is 5.78 Å². The average Bonchev–Trinajstić information content (AvgIpc) is 2.14. The molecule has 0 heterocycles. The van der Waals surface area contributed by atoms with Crippen LogP contribution >= 0.6 is 0 Å². The van der Waals surface area contributed by atoms with Gasteiger partial charge in [0.2, 0.25) is 0 Å². The molecule has 1 aromatic rings. The molecule has 0 aliphatic rings. The molecule has 17 heavy (non-hydrogen) atoms. The van der Waals surface area contributed by atoms with Crippen LogP contribution in [0, 0.1) is 0 Å². The normalized spacial score (nSPS) is 12.6. The Balaban J connectivity index is 2.97. The summed E-state index contributed by atoms with van der Waals surface area (Å²) in [7, 11) is 0. The lowest BCUT2D eigenvalue weighted by atomic mass is 10.0. The van der Waals surface area contributed by atoms with E-state index in [2.05, 4.69) is 0 Å². The minimum atomic E-state index is -4.73. The summed E-state index contributed by atoms with van der Waals surface area (Å²) in [6.45, 7) is 0. The van der Waals surface area contributed by atoms with E-state index in [4.69, 9.17) is 0 Å². The van der Waals surface area contributed by atoms with Crippen LogP contribution in [-0.2, 0) is 6.18 Å². The zero-order valence-electron chi connectivity index (χ0n) is 8.19. The Morgan fingerprint density at radius 1 is 1.06 bits per heavy atom. The molecule has 0 aliphatic carbocycles. The van der Waals surface area contributed by atoms with E-state index < -0.39 is 35.7 Å². The molecule has 0 atom stereocenters. The van der Waals surface area contributed by atoms with E-state index >= 15 is 0 Å². The molecule has 0 aromatic heterocycles. The van der Waals surface area contributed by atoms with Crippen molar-refractivity contribution < 1.29 is 31.1 Å². The predicted octanol–water partition coefficient (Wildman–Crippen LogP) is 3.84. The lowest BCUT2D eigenvalue weighted by molar-refractivity contribution is -0.137. The first-order valence-electron chi connectivity index (χ1n) is 4.37. The highest BCUT2D eigenvalue weighted by atomic mass is 19.4. The van der Waals surface area contributed by atoms with Crippen molar-refractivity contribution in [1.82, 2.24) is 0 Å². The van der Waals surface area contributed by atoms with Crippen molar-refractivity contribution in [3.8, 4) is 0 Å². The van der Waals surface area contributed by atoms with Crippen LogP contribution in [0.15, 0.2) is 24.3 Å². The minimum Gasteiger partial charge on any atom is -0.294 e. The third kappa shape index (κ3) is 4.08. The summed E-state index contributed by atoms with van der Waals surface area (Å²) in [6, 6.07) is 2.91. The topological polar surface area (TPSA) is 17.1 Å². The van der Waals surface area contributed by atoms with E-state index in [1.165, 1.54) is 0 Å². The fraction of sp³-hybridized carbons (Fsp3) is 0.300. The molecule has 0 radical (unpaired) electrons. The van der Waals surface area contributed by atoms with Crippen LogP contribution in [0.3, 0.4) is 0 Å². The van der Waals surface area contributed by atoms with Gasteiger partial charge >= 0.3 is 12.4 Å². The van der Waals surface area contributed by atoms with Crippen molar-refractivity contribution in [2.75, 3.05) is 0 Å². The van der Waals surface area contributed by atoms with Gasteiger partial charge in [-0.05, 0) is 12.1 Å². The Morgan fingerprint density at radius 3 is 2.12 bits per heavy atom. The summed E-state index contributed by atoms with van der Waals surface area (Å²) < 4.78 is 72.4. The Hall–Kier alpha value is -1.53. The maximum atomic E-state index is 12.2. The molecule has 1 aromatic carbocycles. The van der Waals surface area contributed by atoms with Crippen LogP contribution < -0.4 is 0 Å². The van der Waals surface area contributed by atoms with Crippen molar-refractivity contribution in [3.63, 3.8) is 0 Å². The highest BCUT2D eigenvalue weighted by Crippen LogP contribution is 2.30. The predicted molar refractivity (Wildman–Crippen MR) is 46.4 cm³/mol. The highest BCUT2D eigenvalue weighted by Gasteiger charge is 2.34. The van der Waals surface area contributed by atoms with Crippen molar-refractivity contribution in [2.45, 2.75) is 18.8 Å². The van der Waals surface area contributed by atoms with Gasteiger partial charge in [0.25, 0.3) is 0 Å². The molecular formula is C10H6F6O. The zero-order valence-corrected chi connectivity index (χ0v) is 8.19. The molecule has 0 fully saturated rings. The Labute approximate surface area is 92.0 Å². The number of hydrogen-bond donors (Lipinski definition) is 0. The number of hydrogen-bond acceptors (Lipinski definition) is 1. The lowest BCUT2D eigenvalue weighted by Crippen LogP contribution is -2.15. The largest absolute Gasteiger partial charge is 0.416 e. The third-order valence-electron chi connectivity index (χ3n) is 1.87. The standard InChI is InChI=1S/C10H6F6O/c11-9(12,13)5-8(17)6-2-1-3-7(4-6)10(14,15)16/h1-4H,5H2. The van der Waals surface area contributed by atoms with E-state index in [1.807, 2.05) is 0 Å². The molecule has 0 bridgehead atoms. The summed E-state index contributed by atoms with van der Waals surface area (Å²) in [5.41, 5.74) is -1.75. The van der Waals surface area contributed by atoms with Crippen LogP contribution in [0.25, 0.3) is 0 Å². The van der Waals surface area contributed by atoms with Crippen molar-refractivity contribution in [2.24, 2.45) is 0 Å². The van der Waals surface area contributed by atoms with E-state index in [9.17, 15) is 31.1 Å². The van der Waals surface area contributed by atoms with Gasteiger partial charge in [0.05, 0.1) is 5.56 Å². The SMILES string of the molecule is O=C(CC(F)(F)F)c1cccc(C(F)(F)F)c1. The summed E-state index contributed by atoms with van der Waals surface area (Å²) in [5.74, 6) is -1.39. The Morgan fingerprint density at radius 2 is 1.65 bits per heavy atom. The van der Waals surface area contributed by atoms with E-state index in [0.29, 0.717) is 12.1 Å². The molecule has 94 valence electrons. The maximum absolute atomic E-state index is 12.2. The maximum Gasteiger partial charge on any atom is 0.416 e. The van der Waals surface area contributed by atoms with Gasteiger partial charge in [-0.15, -0.1) is 0 Å². The summed E-state index contributed by atoms with van der Waals surface area (Å²) in [4.78, 5) is 11.1. The lowest BCUT2D eigenvalue weighted by Gasteiger charge is -2.09. The van der Waals surface area contributed by atoms with Gasteiger partial charge in [0, 0.05) is 5.56 Å². The minimum absolute atomic E-state index is 0.411. The first-order valence-corrected chi connectivity index (χ1v) is 4.37. The second kappa shape index (κ2) is 4.38. The van der Waals surface area contributed by atoms with Gasteiger partial charge in [-0.25, -0.2) is 0 Å². The van der Waals surface area contributed by atoms with E-state index in [0.717, 1.165) is 12.1 Å². The van der Waals surface area contributed by atoms with Crippen LogP contribution in [-0.4, -0.2) is 12.0 Å². The van der Waals surface area contributed by atoms with Crippen LogP contribution in [0.5, 0.6) is 0 Å². The molecule has 0 saturated carbocycles. The zero-order chi connectivity index (χ0) is 13.3. The third-order valence-corrected chi connectivity index (χ3v) is 1.87. The molecule has 0 amide bonds. The van der Waals surface area contributed by atoms with Crippen molar-refractivity contribution in [1.29, 1.82) is 0 Å². The van der Waals surface area contributed by atoms with Crippen molar-refractivity contribution in [3.05, 3.63) is 35.4 Å². The summed E-state index contributed by atoms with van der Waals surface area (Å²) in [5, 5.41) is 0. The Kier molecular flexibility index (Phi) is 3.49. The second-order valence-electron chi connectivity index (χ2n) is 3.29. The quantitative estimate of drug-likeness (QED) is 0.580. The van der Waals surface area contributed by atoms with E-state index in [1.54, 1.807) is 0 Å². The van der Waals surface area contributed by atoms with Crippen LogP contribution in [0.4, 0.5) is 26.3 Å². The molecule has 1 rings (SSSR count). The molecule has 7 heteroatoms. The van der Waals surface area contributed by atoms with Crippen LogP contribution in [0.1, 0.15) is 22.3 Å². The van der Waals surface area contributed by atoms with Gasteiger partial charge in [-0.1, -0.05) is 12.1 Å². The Bertz CT molecular complexity index is 418.